The van der Waals surface area contributed by atoms with Crippen LogP contribution in [-0.4, -0.2) is 143 Å². The number of phenols is 3. The van der Waals surface area contributed by atoms with Crippen LogP contribution in [0.5, 0.6) is 28.7 Å². The Bertz CT molecular complexity index is 1350. The predicted octanol–water partition coefficient (Wildman–Crippen LogP) is -3.52. The highest BCUT2D eigenvalue weighted by molar-refractivity contribution is 6.05. The number of aliphatic hydroxyl groups excluding tert-OH is 8. The van der Waals surface area contributed by atoms with Crippen molar-refractivity contribution in [1.29, 1.82) is 0 Å². The number of hydrogen-bond acceptors (Lipinski definition) is 17. The molecule has 3 heterocycles. The van der Waals surface area contributed by atoms with Crippen molar-refractivity contribution in [2.24, 2.45) is 0 Å². The first-order valence-electron chi connectivity index (χ1n) is 13.4. The quantitative estimate of drug-likeness (QED) is 0.133. The van der Waals surface area contributed by atoms with Crippen molar-refractivity contribution in [1.82, 2.24) is 0 Å². The molecular weight excluding hydrogens is 596 g/mol. The van der Waals surface area contributed by atoms with Crippen LogP contribution in [0.2, 0.25) is 0 Å². The molecule has 17 heteroatoms. The van der Waals surface area contributed by atoms with E-state index in [1.54, 1.807) is 0 Å². The lowest BCUT2D eigenvalue weighted by atomic mass is 9.92. The third-order valence-electron chi connectivity index (χ3n) is 7.65. The molecule has 3 aliphatic heterocycles. The summed E-state index contributed by atoms with van der Waals surface area (Å²) in [5.41, 5.74) is -0.395. The first-order valence-corrected chi connectivity index (χ1v) is 13.4. The molecule has 17 nitrogen and oxygen atoms in total. The molecule has 0 bridgehead atoms. The van der Waals surface area contributed by atoms with E-state index in [0.717, 1.165) is 24.3 Å². The first kappa shape index (κ1) is 32.1. The maximum Gasteiger partial charge on any atom is 0.229 e. The van der Waals surface area contributed by atoms with Crippen LogP contribution < -0.4 is 9.47 Å². The summed E-state index contributed by atoms with van der Waals surface area (Å²) < 4.78 is 27.9. The van der Waals surface area contributed by atoms with Gasteiger partial charge in [-0.25, -0.2) is 0 Å². The summed E-state index contributed by atoms with van der Waals surface area (Å²) in [4.78, 5) is 13.8. The maximum absolute atomic E-state index is 13.8. The number of Topliss-reactive ketones (excluding diaryl/α,β-unsaturated/α-hetero) is 1. The molecule has 2 aromatic rings. The number of phenolic OH excluding ortho intramolecular Hbond substituents is 3. The van der Waals surface area contributed by atoms with E-state index < -0.39 is 115 Å². The Balaban J connectivity index is 1.49. The van der Waals surface area contributed by atoms with E-state index in [1.807, 2.05) is 0 Å². The average molecular weight is 629 g/mol. The zero-order valence-electron chi connectivity index (χ0n) is 22.6. The Hall–Kier alpha value is -3.33. The second-order valence-corrected chi connectivity index (χ2v) is 10.5. The second kappa shape index (κ2) is 12.6. The molecule has 2 aromatic carbocycles. The number of fused-ring (bicyclic) bond motifs is 1. The molecule has 0 spiro atoms. The number of aromatic hydroxyl groups is 3. The fraction of sp³-hybridized carbons (Fsp3) is 0.519. The summed E-state index contributed by atoms with van der Waals surface area (Å²) in [6, 6.07) is 5.48. The van der Waals surface area contributed by atoms with Crippen LogP contribution in [0.3, 0.4) is 0 Å². The lowest BCUT2D eigenvalue weighted by Crippen LogP contribution is -2.60. The Kier molecular flexibility index (Phi) is 9.17. The number of aliphatic hydroxyl groups is 8. The molecule has 0 aromatic heterocycles. The van der Waals surface area contributed by atoms with Gasteiger partial charge in [0.1, 0.15) is 71.6 Å². The Labute approximate surface area is 247 Å². The summed E-state index contributed by atoms with van der Waals surface area (Å²) >= 11 is 0. The molecule has 12 unspecified atom stereocenters. The minimum atomic E-state index is -1.90. The lowest BCUT2D eigenvalue weighted by molar-refractivity contribution is -0.311. The zero-order chi connectivity index (χ0) is 32.0. The van der Waals surface area contributed by atoms with E-state index in [0.29, 0.717) is 0 Å². The van der Waals surface area contributed by atoms with Gasteiger partial charge in [-0.1, -0.05) is 6.07 Å². The fourth-order valence-corrected chi connectivity index (χ4v) is 5.18. The number of ketones is 1. The van der Waals surface area contributed by atoms with Crippen LogP contribution in [-0.2, 0) is 14.2 Å². The zero-order valence-corrected chi connectivity index (χ0v) is 22.6. The largest absolute Gasteiger partial charge is 0.507 e. The molecule has 11 N–H and O–H groups in total. The lowest BCUT2D eigenvalue weighted by Gasteiger charge is -2.42. The Morgan fingerprint density at radius 1 is 0.682 bits per heavy atom. The summed E-state index contributed by atoms with van der Waals surface area (Å²) in [6.45, 7) is -1.51. The third kappa shape index (κ3) is 5.75. The number of rotatable bonds is 7. The van der Waals surface area contributed by atoms with Gasteiger partial charge < -0.3 is 79.9 Å². The number of hydrogen-bond donors (Lipinski definition) is 11. The molecule has 242 valence electrons. The van der Waals surface area contributed by atoms with Gasteiger partial charge >= 0.3 is 0 Å². The standard InChI is InChI=1S/C27H32O17/c28-6-14-17(33)20(36)22(38)26(42-14)40-9-4-12(32)16-13(5-9)41-24(8-1-2-10(30)11(31)3-8)25(19(16)35)44-27-23(39)21(37)18(34)15(7-29)43-27/h1-5,14-15,17-18,20-34,36-39H,6-7H2. The Morgan fingerprint density at radius 2 is 1.27 bits per heavy atom. The van der Waals surface area contributed by atoms with Crippen LogP contribution in [0.4, 0.5) is 0 Å². The van der Waals surface area contributed by atoms with Gasteiger partial charge in [-0.15, -0.1) is 0 Å². The highest BCUT2D eigenvalue weighted by Gasteiger charge is 2.50. The van der Waals surface area contributed by atoms with Crippen molar-refractivity contribution in [2.45, 2.75) is 73.6 Å². The molecule has 0 radical (unpaired) electrons. The second-order valence-electron chi connectivity index (χ2n) is 10.5. The molecule has 44 heavy (non-hydrogen) atoms. The van der Waals surface area contributed by atoms with E-state index in [1.165, 1.54) is 6.07 Å². The normalized spacial score (nSPS) is 37.2. The third-order valence-corrected chi connectivity index (χ3v) is 7.65. The smallest absolute Gasteiger partial charge is 0.229 e. The molecule has 0 saturated carbocycles. The van der Waals surface area contributed by atoms with Crippen molar-refractivity contribution in [3.05, 3.63) is 41.5 Å². The van der Waals surface area contributed by atoms with Gasteiger partial charge in [0.15, 0.2) is 30.0 Å². The monoisotopic (exact) mass is 628 g/mol. The maximum atomic E-state index is 13.8. The van der Waals surface area contributed by atoms with E-state index in [2.05, 4.69) is 0 Å². The minimum Gasteiger partial charge on any atom is -0.507 e. The van der Waals surface area contributed by atoms with Crippen molar-refractivity contribution >= 4 is 5.78 Å². The van der Waals surface area contributed by atoms with Crippen molar-refractivity contribution in [3.8, 4) is 28.7 Å². The fourth-order valence-electron chi connectivity index (χ4n) is 5.18. The molecule has 3 aliphatic rings. The molecule has 0 aliphatic carbocycles. The van der Waals surface area contributed by atoms with E-state index in [4.69, 9.17) is 23.7 Å². The van der Waals surface area contributed by atoms with Gasteiger partial charge in [-0.2, -0.15) is 0 Å². The van der Waals surface area contributed by atoms with E-state index in [9.17, 15) is 61.0 Å². The minimum absolute atomic E-state index is 0.0497. The van der Waals surface area contributed by atoms with Crippen molar-refractivity contribution in [3.63, 3.8) is 0 Å². The summed E-state index contributed by atoms with van der Waals surface area (Å²) in [5, 5.41) is 111. The van der Waals surface area contributed by atoms with Crippen LogP contribution in [0, 0.1) is 0 Å². The topological polar surface area (TPSA) is 286 Å². The van der Waals surface area contributed by atoms with Gasteiger partial charge in [-0.05, 0) is 17.7 Å². The van der Waals surface area contributed by atoms with Crippen LogP contribution >= 0.6 is 0 Å². The summed E-state index contributed by atoms with van der Waals surface area (Å²) in [5.74, 6) is -3.33. The summed E-state index contributed by atoms with van der Waals surface area (Å²) in [7, 11) is 0. The van der Waals surface area contributed by atoms with Crippen molar-refractivity contribution < 1.29 is 84.7 Å². The average Bonchev–Trinajstić information content (AvgIpc) is 2.99. The van der Waals surface area contributed by atoms with Crippen LogP contribution in [0.25, 0.3) is 0 Å². The number of carbonyl (C=O) groups is 1. The van der Waals surface area contributed by atoms with E-state index >= 15 is 0 Å². The highest BCUT2D eigenvalue weighted by atomic mass is 16.7. The van der Waals surface area contributed by atoms with Crippen molar-refractivity contribution in [2.75, 3.05) is 13.2 Å². The molecule has 5 rings (SSSR count). The molecule has 2 fully saturated rings. The highest BCUT2D eigenvalue weighted by Crippen LogP contribution is 2.45. The number of carbonyl (C=O) groups excluding carboxylic acids is 1. The molecular formula is C27H32O17. The van der Waals surface area contributed by atoms with Gasteiger partial charge in [0.05, 0.1) is 13.2 Å². The SMILES string of the molecule is O=C1c2c(O)cc(OC3OC(CO)C(O)C(O)C3O)cc2OC(c2ccc(O)c(O)c2)C1OC1OC(CO)C(O)C(O)C1O. The first-order chi connectivity index (χ1) is 20.9. The van der Waals surface area contributed by atoms with E-state index in [-0.39, 0.29) is 17.1 Å². The predicted molar refractivity (Wildman–Crippen MR) is 139 cm³/mol. The molecule has 12 atom stereocenters. The van der Waals surface area contributed by atoms with Gasteiger partial charge in [0, 0.05) is 12.1 Å². The molecule has 0 amide bonds. The number of benzene rings is 2. The van der Waals surface area contributed by atoms with Gasteiger partial charge in [-0.3, -0.25) is 4.79 Å². The van der Waals surface area contributed by atoms with Crippen LogP contribution in [0.15, 0.2) is 30.3 Å². The van der Waals surface area contributed by atoms with Gasteiger partial charge in [0.25, 0.3) is 0 Å². The molecule has 2 saturated heterocycles. The van der Waals surface area contributed by atoms with Gasteiger partial charge in [0.2, 0.25) is 12.1 Å². The summed E-state index contributed by atoms with van der Waals surface area (Å²) in [6.07, 6.45) is -20.0. The Morgan fingerprint density at radius 3 is 1.86 bits per heavy atom. The van der Waals surface area contributed by atoms with Crippen LogP contribution in [0.1, 0.15) is 22.0 Å². The number of ether oxygens (including phenoxy) is 5.